The van der Waals surface area contributed by atoms with E-state index in [1.165, 1.54) is 44.2 Å². The van der Waals surface area contributed by atoms with Gasteiger partial charge in [0.25, 0.3) is 0 Å². The number of carbonyl (C=O) groups excluding carboxylic acids is 4. The maximum absolute atomic E-state index is 12.8. The van der Waals surface area contributed by atoms with Crippen molar-refractivity contribution in [3.63, 3.8) is 0 Å². The number of phenolic OH excluding ortho intramolecular Hbond substituents is 2. The molecule has 10 nitrogen and oxygen atoms in total. The number of fused-ring (bicyclic) bond motifs is 1. The van der Waals surface area contributed by atoms with Crippen molar-refractivity contribution in [2.45, 2.75) is 45.8 Å². The largest absolute Gasteiger partial charge is 0.504 e. The van der Waals surface area contributed by atoms with Crippen LogP contribution in [0.15, 0.2) is 30.3 Å². The molecule has 0 bridgehead atoms. The molecule has 1 aliphatic rings. The summed E-state index contributed by atoms with van der Waals surface area (Å²) in [6, 6.07) is 6.47. The quantitative estimate of drug-likeness (QED) is 0.389. The number of aromatic hydroxyl groups is 2. The number of ketones is 1. The highest BCUT2D eigenvalue weighted by Gasteiger charge is 2.46. The van der Waals surface area contributed by atoms with Crippen LogP contribution < -0.4 is 14.2 Å². The summed E-state index contributed by atoms with van der Waals surface area (Å²) in [5, 5.41) is 19.6. The van der Waals surface area contributed by atoms with Crippen LogP contribution in [0, 0.1) is 0 Å². The van der Waals surface area contributed by atoms with Gasteiger partial charge < -0.3 is 29.2 Å². The zero-order valence-electron chi connectivity index (χ0n) is 18.3. The fourth-order valence-corrected chi connectivity index (χ4v) is 3.72. The Labute approximate surface area is 188 Å². The number of rotatable bonds is 5. The van der Waals surface area contributed by atoms with E-state index in [0.29, 0.717) is 5.56 Å². The summed E-state index contributed by atoms with van der Waals surface area (Å²) < 4.78 is 21.9. The third kappa shape index (κ3) is 5.05. The molecule has 0 amide bonds. The lowest BCUT2D eigenvalue weighted by Crippen LogP contribution is -2.41. The Morgan fingerprint density at radius 2 is 1.52 bits per heavy atom. The Bertz CT molecular complexity index is 1140. The first-order chi connectivity index (χ1) is 15.5. The minimum atomic E-state index is -1.20. The van der Waals surface area contributed by atoms with Gasteiger partial charge in [-0.1, -0.05) is 6.07 Å². The monoisotopic (exact) mass is 458 g/mol. The molecule has 1 aliphatic heterocycles. The van der Waals surface area contributed by atoms with Crippen molar-refractivity contribution < 1.29 is 48.3 Å². The molecule has 1 heterocycles. The zero-order valence-corrected chi connectivity index (χ0v) is 18.3. The standard InChI is InChI=1S/C23H22O10/c1-10(24)20-21-18(31-12(3)26)8-15(30-11(2)25)9-19(21)33-22(23(20)32-13(4)27)14-5-6-16(28)17(29)7-14/h5-9,20,22-23,28-29H,1-4H3/t20?,22-,23-/m1/s1. The number of Topliss-reactive ketones (excluding diaryl/α,β-unsaturated/α-hetero) is 1. The lowest BCUT2D eigenvalue weighted by Gasteiger charge is -2.38. The molecule has 0 aliphatic carbocycles. The summed E-state index contributed by atoms with van der Waals surface area (Å²) in [7, 11) is 0. The Hall–Kier alpha value is -4.08. The Kier molecular flexibility index (Phi) is 6.57. The fourth-order valence-electron chi connectivity index (χ4n) is 3.72. The SMILES string of the molecule is CC(=O)Oc1cc(OC(C)=O)c2c(c1)O[C@H](c1ccc(O)c(O)c1)[C@H](OC(C)=O)C2C(C)=O. The van der Waals surface area contributed by atoms with Gasteiger partial charge in [0.15, 0.2) is 23.7 Å². The average Bonchev–Trinajstić information content (AvgIpc) is 2.68. The highest BCUT2D eigenvalue weighted by molar-refractivity contribution is 5.88. The molecule has 33 heavy (non-hydrogen) atoms. The molecule has 3 rings (SSSR count). The first-order valence-corrected chi connectivity index (χ1v) is 9.89. The molecule has 10 heteroatoms. The molecule has 2 N–H and O–H groups in total. The van der Waals surface area contributed by atoms with E-state index in [1.807, 2.05) is 0 Å². The first-order valence-electron chi connectivity index (χ1n) is 9.89. The van der Waals surface area contributed by atoms with Crippen molar-refractivity contribution in [2.75, 3.05) is 0 Å². The predicted molar refractivity (Wildman–Crippen MR) is 111 cm³/mol. The number of ether oxygens (including phenoxy) is 4. The smallest absolute Gasteiger partial charge is 0.308 e. The summed E-state index contributed by atoms with van der Waals surface area (Å²) in [4.78, 5) is 47.9. The number of hydrogen-bond acceptors (Lipinski definition) is 10. The van der Waals surface area contributed by atoms with Crippen molar-refractivity contribution in [3.05, 3.63) is 41.5 Å². The highest BCUT2D eigenvalue weighted by atomic mass is 16.6. The zero-order chi connectivity index (χ0) is 24.4. The summed E-state index contributed by atoms with van der Waals surface area (Å²) in [5.41, 5.74) is 0.430. The van der Waals surface area contributed by atoms with Crippen molar-refractivity contribution >= 4 is 23.7 Å². The second-order valence-corrected chi connectivity index (χ2v) is 7.47. The van der Waals surface area contributed by atoms with Gasteiger partial charge in [-0.05, 0) is 19.1 Å². The van der Waals surface area contributed by atoms with Crippen molar-refractivity contribution in [2.24, 2.45) is 0 Å². The molecule has 1 unspecified atom stereocenters. The van der Waals surface area contributed by atoms with Gasteiger partial charge in [0.2, 0.25) is 0 Å². The van der Waals surface area contributed by atoms with Crippen LogP contribution in [0.4, 0.5) is 0 Å². The number of phenols is 2. The van der Waals surface area contributed by atoms with Crippen molar-refractivity contribution in [3.8, 4) is 28.7 Å². The summed E-state index contributed by atoms with van der Waals surface area (Å²) in [6.45, 7) is 4.78. The molecule has 0 radical (unpaired) electrons. The lowest BCUT2D eigenvalue weighted by molar-refractivity contribution is -0.156. The van der Waals surface area contributed by atoms with Gasteiger partial charge >= 0.3 is 17.9 Å². The number of benzene rings is 2. The summed E-state index contributed by atoms with van der Waals surface area (Å²) >= 11 is 0. The van der Waals surface area contributed by atoms with E-state index in [-0.39, 0.29) is 28.6 Å². The van der Waals surface area contributed by atoms with Crippen LogP contribution >= 0.6 is 0 Å². The highest BCUT2D eigenvalue weighted by Crippen LogP contribution is 2.50. The van der Waals surface area contributed by atoms with E-state index < -0.39 is 47.6 Å². The second kappa shape index (κ2) is 9.19. The molecular formula is C23H22O10. The van der Waals surface area contributed by atoms with Gasteiger partial charge in [0.1, 0.15) is 23.0 Å². The third-order valence-corrected chi connectivity index (χ3v) is 4.85. The van der Waals surface area contributed by atoms with Gasteiger partial charge in [-0.25, -0.2) is 0 Å². The predicted octanol–water partition coefficient (Wildman–Crippen LogP) is 2.69. The van der Waals surface area contributed by atoms with Crippen LogP contribution in [0.2, 0.25) is 0 Å². The molecule has 0 aromatic heterocycles. The maximum Gasteiger partial charge on any atom is 0.308 e. The molecular weight excluding hydrogens is 436 g/mol. The van der Waals surface area contributed by atoms with Gasteiger partial charge in [0.05, 0.1) is 11.5 Å². The topological polar surface area (TPSA) is 146 Å². The molecule has 174 valence electrons. The number of esters is 3. The average molecular weight is 458 g/mol. The maximum atomic E-state index is 12.8. The van der Waals surface area contributed by atoms with Crippen LogP contribution in [0.5, 0.6) is 28.7 Å². The lowest BCUT2D eigenvalue weighted by atomic mass is 9.81. The summed E-state index contributed by atoms with van der Waals surface area (Å²) in [6.07, 6.45) is -2.30. The van der Waals surface area contributed by atoms with Crippen molar-refractivity contribution in [1.29, 1.82) is 0 Å². The van der Waals surface area contributed by atoms with Crippen LogP contribution in [0.3, 0.4) is 0 Å². The Morgan fingerprint density at radius 1 is 0.848 bits per heavy atom. The van der Waals surface area contributed by atoms with E-state index in [0.717, 1.165) is 13.8 Å². The van der Waals surface area contributed by atoms with E-state index in [2.05, 4.69) is 0 Å². The van der Waals surface area contributed by atoms with Crippen LogP contribution in [0.1, 0.15) is 50.8 Å². The second-order valence-electron chi connectivity index (χ2n) is 7.47. The molecule has 0 fully saturated rings. The van der Waals surface area contributed by atoms with Gasteiger partial charge in [0, 0.05) is 38.5 Å². The van der Waals surface area contributed by atoms with E-state index in [4.69, 9.17) is 18.9 Å². The van der Waals surface area contributed by atoms with Crippen LogP contribution in [-0.2, 0) is 23.9 Å². The van der Waals surface area contributed by atoms with E-state index in [9.17, 15) is 29.4 Å². The molecule has 0 saturated carbocycles. The third-order valence-electron chi connectivity index (χ3n) is 4.85. The Morgan fingerprint density at radius 3 is 2.06 bits per heavy atom. The van der Waals surface area contributed by atoms with Gasteiger partial charge in [-0.2, -0.15) is 0 Å². The number of hydrogen-bond donors (Lipinski definition) is 2. The van der Waals surface area contributed by atoms with Gasteiger partial charge in [-0.3, -0.25) is 19.2 Å². The normalized spacial score (nSPS) is 19.0. The fraction of sp³-hybridized carbons (Fsp3) is 0.304. The minimum absolute atomic E-state index is 0.00181. The van der Waals surface area contributed by atoms with Crippen molar-refractivity contribution in [1.82, 2.24) is 0 Å². The van der Waals surface area contributed by atoms with Gasteiger partial charge in [-0.15, -0.1) is 0 Å². The molecule has 2 aromatic carbocycles. The van der Waals surface area contributed by atoms with E-state index >= 15 is 0 Å². The van der Waals surface area contributed by atoms with Crippen LogP contribution in [-0.4, -0.2) is 40.0 Å². The van der Waals surface area contributed by atoms with Crippen LogP contribution in [0.25, 0.3) is 0 Å². The minimum Gasteiger partial charge on any atom is -0.504 e. The van der Waals surface area contributed by atoms with E-state index in [1.54, 1.807) is 0 Å². The Balaban J connectivity index is 2.26. The molecule has 3 atom stereocenters. The number of carbonyl (C=O) groups is 4. The molecule has 0 spiro atoms. The summed E-state index contributed by atoms with van der Waals surface area (Å²) in [5.74, 6) is -4.46. The first kappa shape index (κ1) is 23.6. The molecule has 2 aromatic rings. The molecule has 0 saturated heterocycles.